The average molecular weight is 333 g/mol. The van der Waals surface area contributed by atoms with Gasteiger partial charge in [-0.25, -0.2) is 8.42 Å². The van der Waals surface area contributed by atoms with Crippen molar-refractivity contribution in [3.8, 4) is 5.75 Å². The van der Waals surface area contributed by atoms with Crippen molar-refractivity contribution in [2.24, 2.45) is 5.41 Å². The van der Waals surface area contributed by atoms with E-state index < -0.39 is 9.84 Å². The van der Waals surface area contributed by atoms with E-state index >= 15 is 0 Å². The Morgan fingerprint density at radius 2 is 1.83 bits per heavy atom. The summed E-state index contributed by atoms with van der Waals surface area (Å²) in [6, 6.07) is 6.60. The molecule has 0 amide bonds. The molecule has 0 aromatic heterocycles. The summed E-state index contributed by atoms with van der Waals surface area (Å²) in [4.78, 5) is 0.798. The number of alkyl halides is 1. The van der Waals surface area contributed by atoms with Gasteiger partial charge in [-0.05, 0) is 30.7 Å². The summed E-state index contributed by atoms with van der Waals surface area (Å²) < 4.78 is 28.5. The van der Waals surface area contributed by atoms with Gasteiger partial charge in [-0.3, -0.25) is 0 Å². The van der Waals surface area contributed by atoms with E-state index in [-0.39, 0.29) is 11.5 Å². The van der Waals surface area contributed by atoms with Crippen LogP contribution < -0.4 is 4.74 Å². The van der Waals surface area contributed by atoms with E-state index in [2.05, 4.69) is 29.8 Å². The van der Waals surface area contributed by atoms with E-state index in [0.29, 0.717) is 9.72 Å². The van der Waals surface area contributed by atoms with E-state index in [0.717, 1.165) is 12.2 Å². The highest BCUT2D eigenvalue weighted by Crippen LogP contribution is 2.47. The minimum atomic E-state index is -3.13. The maximum absolute atomic E-state index is 11.3. The molecule has 1 fully saturated rings. The van der Waals surface area contributed by atoms with E-state index in [4.69, 9.17) is 4.74 Å². The summed E-state index contributed by atoms with van der Waals surface area (Å²) in [5, 5.41) is 0. The summed E-state index contributed by atoms with van der Waals surface area (Å²) in [6.07, 6.45) is 2.35. The SMILES string of the molecule is CC1(C)C(Br)CC1Oc1ccc(S(C)(=O)=O)cc1. The number of hydrogen-bond donors (Lipinski definition) is 0. The van der Waals surface area contributed by atoms with Gasteiger partial charge in [-0.1, -0.05) is 29.8 Å². The van der Waals surface area contributed by atoms with Gasteiger partial charge >= 0.3 is 0 Å². The van der Waals surface area contributed by atoms with Gasteiger partial charge < -0.3 is 4.74 Å². The number of rotatable bonds is 3. The molecule has 1 aliphatic carbocycles. The van der Waals surface area contributed by atoms with Crippen LogP contribution in [0.2, 0.25) is 0 Å². The molecule has 2 unspecified atom stereocenters. The van der Waals surface area contributed by atoms with Gasteiger partial charge in [0.2, 0.25) is 0 Å². The van der Waals surface area contributed by atoms with Gasteiger partial charge in [-0.2, -0.15) is 0 Å². The second-order valence-electron chi connectivity index (χ2n) is 5.37. The molecule has 0 saturated heterocycles. The number of ether oxygens (including phenoxy) is 1. The quantitative estimate of drug-likeness (QED) is 0.799. The van der Waals surface area contributed by atoms with Crippen LogP contribution in [0.4, 0.5) is 0 Å². The van der Waals surface area contributed by atoms with Crippen molar-refractivity contribution in [1.82, 2.24) is 0 Å². The normalized spacial score (nSPS) is 26.4. The van der Waals surface area contributed by atoms with E-state index in [1.54, 1.807) is 24.3 Å². The van der Waals surface area contributed by atoms with Crippen LogP contribution in [0.3, 0.4) is 0 Å². The van der Waals surface area contributed by atoms with Gasteiger partial charge in [0.25, 0.3) is 0 Å². The molecule has 100 valence electrons. The second-order valence-corrected chi connectivity index (χ2v) is 8.50. The lowest BCUT2D eigenvalue weighted by molar-refractivity contribution is -0.00782. The first-order valence-corrected chi connectivity index (χ1v) is 8.63. The lowest BCUT2D eigenvalue weighted by atomic mass is 9.69. The van der Waals surface area contributed by atoms with Crippen molar-refractivity contribution in [2.45, 2.75) is 36.1 Å². The third kappa shape index (κ3) is 2.57. The van der Waals surface area contributed by atoms with Crippen LogP contribution in [0.15, 0.2) is 29.2 Å². The zero-order chi connectivity index (χ0) is 13.6. The molecule has 18 heavy (non-hydrogen) atoms. The van der Waals surface area contributed by atoms with E-state index in [1.165, 1.54) is 6.26 Å². The maximum atomic E-state index is 11.3. The molecule has 1 aromatic rings. The van der Waals surface area contributed by atoms with Gasteiger partial charge in [0.15, 0.2) is 9.84 Å². The van der Waals surface area contributed by atoms with Crippen molar-refractivity contribution in [1.29, 1.82) is 0 Å². The van der Waals surface area contributed by atoms with Crippen LogP contribution in [0.1, 0.15) is 20.3 Å². The lowest BCUT2D eigenvalue weighted by Crippen LogP contribution is -2.53. The van der Waals surface area contributed by atoms with Crippen molar-refractivity contribution in [3.63, 3.8) is 0 Å². The Balaban J connectivity index is 2.09. The van der Waals surface area contributed by atoms with Gasteiger partial charge in [0.1, 0.15) is 11.9 Å². The van der Waals surface area contributed by atoms with E-state index in [1.807, 2.05) is 0 Å². The fourth-order valence-electron chi connectivity index (χ4n) is 1.97. The molecule has 2 rings (SSSR count). The topological polar surface area (TPSA) is 43.4 Å². The maximum Gasteiger partial charge on any atom is 0.175 e. The van der Waals surface area contributed by atoms with Crippen molar-refractivity contribution in [3.05, 3.63) is 24.3 Å². The predicted molar refractivity (Wildman–Crippen MR) is 75.1 cm³/mol. The first-order valence-electron chi connectivity index (χ1n) is 5.82. The van der Waals surface area contributed by atoms with Crippen molar-refractivity contribution >= 4 is 25.8 Å². The third-order valence-corrected chi connectivity index (χ3v) is 6.27. The monoisotopic (exact) mass is 332 g/mol. The third-order valence-electron chi connectivity index (χ3n) is 3.59. The van der Waals surface area contributed by atoms with Crippen molar-refractivity contribution < 1.29 is 13.2 Å². The van der Waals surface area contributed by atoms with Crippen LogP contribution in [0.5, 0.6) is 5.75 Å². The van der Waals surface area contributed by atoms with Crippen LogP contribution in [-0.4, -0.2) is 25.6 Å². The highest BCUT2D eigenvalue weighted by atomic mass is 79.9. The highest BCUT2D eigenvalue weighted by molar-refractivity contribution is 9.09. The number of sulfone groups is 1. The van der Waals surface area contributed by atoms with Gasteiger partial charge in [0, 0.05) is 16.5 Å². The summed E-state index contributed by atoms with van der Waals surface area (Å²) >= 11 is 3.61. The molecular weight excluding hydrogens is 316 g/mol. The summed E-state index contributed by atoms with van der Waals surface area (Å²) in [5.41, 5.74) is 0.107. The Bertz CT molecular complexity index is 534. The summed E-state index contributed by atoms with van der Waals surface area (Å²) in [5.74, 6) is 0.722. The molecule has 0 bridgehead atoms. The van der Waals surface area contributed by atoms with Gasteiger partial charge in [-0.15, -0.1) is 0 Å². The zero-order valence-electron chi connectivity index (χ0n) is 10.7. The zero-order valence-corrected chi connectivity index (χ0v) is 13.1. The molecule has 5 heteroatoms. The first kappa shape index (κ1) is 13.9. The first-order chi connectivity index (χ1) is 8.21. The molecule has 0 aliphatic heterocycles. The number of benzene rings is 1. The van der Waals surface area contributed by atoms with Crippen LogP contribution in [0.25, 0.3) is 0 Å². The molecule has 0 spiro atoms. The van der Waals surface area contributed by atoms with Crippen molar-refractivity contribution in [2.75, 3.05) is 6.26 Å². The molecule has 0 radical (unpaired) electrons. The Morgan fingerprint density at radius 1 is 1.28 bits per heavy atom. The van der Waals surface area contributed by atoms with E-state index in [9.17, 15) is 8.42 Å². The Labute approximate surface area is 117 Å². The molecule has 3 nitrogen and oxygen atoms in total. The Morgan fingerprint density at radius 3 is 2.22 bits per heavy atom. The minimum absolute atomic E-state index is 0.107. The summed E-state index contributed by atoms with van der Waals surface area (Å²) in [7, 11) is -3.13. The van der Waals surface area contributed by atoms with Crippen LogP contribution in [0, 0.1) is 5.41 Å². The smallest absolute Gasteiger partial charge is 0.175 e. The molecular formula is C13H17BrO3S. The summed E-state index contributed by atoms with van der Waals surface area (Å²) in [6.45, 7) is 4.32. The highest BCUT2D eigenvalue weighted by Gasteiger charge is 2.48. The second kappa shape index (κ2) is 4.53. The molecule has 1 aliphatic rings. The molecule has 0 N–H and O–H groups in total. The molecule has 0 heterocycles. The number of hydrogen-bond acceptors (Lipinski definition) is 3. The number of halogens is 1. The van der Waals surface area contributed by atoms with Crippen LogP contribution >= 0.6 is 15.9 Å². The standard InChI is InChI=1S/C13H17BrO3S/c1-13(2)11(14)8-12(13)17-9-4-6-10(7-5-9)18(3,15)16/h4-7,11-12H,8H2,1-3H3. The Hall–Kier alpha value is -0.550. The Kier molecular flexibility index (Phi) is 3.49. The average Bonchev–Trinajstić information content (AvgIpc) is 2.28. The molecule has 1 saturated carbocycles. The molecule has 2 atom stereocenters. The minimum Gasteiger partial charge on any atom is -0.490 e. The predicted octanol–water partition coefficient (Wildman–Crippen LogP) is 3.03. The fraction of sp³-hybridized carbons (Fsp3) is 0.538. The van der Waals surface area contributed by atoms with Crippen LogP contribution in [-0.2, 0) is 9.84 Å². The fourth-order valence-corrected chi connectivity index (χ4v) is 3.23. The van der Waals surface area contributed by atoms with Gasteiger partial charge in [0.05, 0.1) is 4.90 Å². The largest absolute Gasteiger partial charge is 0.490 e. The molecule has 1 aromatic carbocycles. The lowest BCUT2D eigenvalue weighted by Gasteiger charge is -2.48.